The zero-order chi connectivity index (χ0) is 21.2. The van der Waals surface area contributed by atoms with E-state index in [1.165, 1.54) is 16.0 Å². The van der Waals surface area contributed by atoms with E-state index in [1.807, 2.05) is 6.07 Å². The van der Waals surface area contributed by atoms with Crippen LogP contribution in [0.1, 0.15) is 34.0 Å². The molecule has 0 fully saturated rings. The lowest BCUT2D eigenvalue weighted by atomic mass is 10.1. The van der Waals surface area contributed by atoms with Crippen LogP contribution >= 0.6 is 11.8 Å². The maximum absolute atomic E-state index is 12.2. The first-order valence-electron chi connectivity index (χ1n) is 9.38. The second kappa shape index (κ2) is 11.3. The predicted octanol–water partition coefficient (Wildman–Crippen LogP) is 3.00. The molecule has 2 aromatic rings. The highest BCUT2D eigenvalue weighted by molar-refractivity contribution is 7.98. The number of nitrogens with one attached hydrogen (secondary N) is 2. The number of carbonyl (C=O) groups is 3. The molecule has 0 aliphatic carbocycles. The quantitative estimate of drug-likeness (QED) is 0.487. The lowest BCUT2D eigenvalue weighted by Crippen LogP contribution is -2.38. The van der Waals surface area contributed by atoms with Crippen molar-refractivity contribution in [3.05, 3.63) is 64.7 Å². The van der Waals surface area contributed by atoms with Crippen LogP contribution in [0.3, 0.4) is 0 Å². The molecule has 2 aromatic carbocycles. The summed E-state index contributed by atoms with van der Waals surface area (Å²) in [6.07, 6.45) is 0. The Morgan fingerprint density at radius 3 is 2.52 bits per heavy atom. The number of rotatable bonds is 9. The van der Waals surface area contributed by atoms with Crippen molar-refractivity contribution in [3.63, 3.8) is 0 Å². The van der Waals surface area contributed by atoms with Crippen LogP contribution in [0.15, 0.2) is 47.4 Å². The predicted molar refractivity (Wildman–Crippen MR) is 114 cm³/mol. The Morgan fingerprint density at radius 1 is 1.00 bits per heavy atom. The molecule has 2 rings (SSSR count). The highest BCUT2D eigenvalue weighted by Crippen LogP contribution is 2.27. The molecule has 0 heterocycles. The van der Waals surface area contributed by atoms with E-state index in [9.17, 15) is 14.4 Å². The Hall–Kier alpha value is -2.80. The zero-order valence-corrected chi connectivity index (χ0v) is 17.7. The van der Waals surface area contributed by atoms with Gasteiger partial charge in [-0.2, -0.15) is 0 Å². The minimum Gasteiger partial charge on any atom is -0.452 e. The first kappa shape index (κ1) is 22.5. The summed E-state index contributed by atoms with van der Waals surface area (Å²) >= 11 is 1.71. The fourth-order valence-electron chi connectivity index (χ4n) is 2.61. The van der Waals surface area contributed by atoms with Gasteiger partial charge < -0.3 is 15.4 Å². The lowest BCUT2D eigenvalue weighted by Gasteiger charge is -2.09. The van der Waals surface area contributed by atoms with Crippen LogP contribution in [0.4, 0.5) is 0 Å². The molecule has 154 valence electrons. The standard InChI is InChI=1S/C22H26N2O4S/c1-4-23-20(25)12-24-21(26)13-28-22(27)18-7-5-6-17(11-18)14-29-19-9-8-15(2)10-16(19)3/h5-11H,4,12-14H2,1-3H3,(H,23,25)(H,24,26). The molecule has 0 aromatic heterocycles. The van der Waals surface area contributed by atoms with Crippen molar-refractivity contribution >= 4 is 29.5 Å². The average Bonchev–Trinajstić information content (AvgIpc) is 2.70. The van der Waals surface area contributed by atoms with Gasteiger partial charge in [-0.3, -0.25) is 9.59 Å². The fourth-order valence-corrected chi connectivity index (χ4v) is 3.57. The van der Waals surface area contributed by atoms with Crippen molar-refractivity contribution in [2.45, 2.75) is 31.4 Å². The molecule has 2 N–H and O–H groups in total. The number of aryl methyl sites for hydroxylation is 2. The number of hydrogen-bond acceptors (Lipinski definition) is 5. The van der Waals surface area contributed by atoms with E-state index in [0.29, 0.717) is 12.1 Å². The Balaban J connectivity index is 1.85. The number of likely N-dealkylation sites (N-methyl/N-ethyl adjacent to an activating group) is 1. The van der Waals surface area contributed by atoms with Gasteiger partial charge in [-0.05, 0) is 50.1 Å². The van der Waals surface area contributed by atoms with Crippen LogP contribution in [0.25, 0.3) is 0 Å². The summed E-state index contributed by atoms with van der Waals surface area (Å²) in [7, 11) is 0. The molecule has 6 nitrogen and oxygen atoms in total. The van der Waals surface area contributed by atoms with Crippen molar-refractivity contribution in [2.24, 2.45) is 0 Å². The Kier molecular flexibility index (Phi) is 8.73. The maximum Gasteiger partial charge on any atom is 0.338 e. The van der Waals surface area contributed by atoms with Crippen LogP contribution < -0.4 is 10.6 Å². The van der Waals surface area contributed by atoms with Crippen LogP contribution in [0.5, 0.6) is 0 Å². The van der Waals surface area contributed by atoms with Gasteiger partial charge >= 0.3 is 5.97 Å². The Morgan fingerprint density at radius 2 is 1.79 bits per heavy atom. The third kappa shape index (κ3) is 7.62. The molecule has 0 atom stereocenters. The average molecular weight is 415 g/mol. The molecule has 0 unspecified atom stereocenters. The summed E-state index contributed by atoms with van der Waals surface area (Å²) in [5.74, 6) is -0.665. The molecule has 0 saturated heterocycles. The van der Waals surface area contributed by atoms with Gasteiger partial charge in [0.05, 0.1) is 12.1 Å². The highest BCUT2D eigenvalue weighted by atomic mass is 32.2. The smallest absolute Gasteiger partial charge is 0.338 e. The molecule has 0 aliphatic rings. The van der Waals surface area contributed by atoms with Gasteiger partial charge in [0, 0.05) is 17.2 Å². The van der Waals surface area contributed by atoms with Crippen molar-refractivity contribution in [2.75, 3.05) is 19.7 Å². The first-order chi connectivity index (χ1) is 13.9. The highest BCUT2D eigenvalue weighted by Gasteiger charge is 2.12. The van der Waals surface area contributed by atoms with E-state index in [4.69, 9.17) is 4.74 Å². The number of carbonyl (C=O) groups excluding carboxylic acids is 3. The Bertz CT molecular complexity index is 883. The number of thioether (sulfide) groups is 1. The van der Waals surface area contributed by atoms with Crippen molar-refractivity contribution in [1.29, 1.82) is 0 Å². The van der Waals surface area contributed by atoms with Crippen molar-refractivity contribution in [1.82, 2.24) is 10.6 Å². The van der Waals surface area contributed by atoms with E-state index in [0.717, 1.165) is 11.3 Å². The lowest BCUT2D eigenvalue weighted by molar-refractivity contribution is -0.127. The van der Waals surface area contributed by atoms with Gasteiger partial charge in [0.1, 0.15) is 0 Å². The Labute approximate surface area is 175 Å². The molecule has 2 amide bonds. The van der Waals surface area contributed by atoms with E-state index in [1.54, 1.807) is 36.9 Å². The SMILES string of the molecule is CCNC(=O)CNC(=O)COC(=O)c1cccc(CSc2ccc(C)cc2C)c1. The van der Waals surface area contributed by atoms with Gasteiger partial charge in [0.25, 0.3) is 5.91 Å². The second-order valence-electron chi connectivity index (χ2n) is 6.56. The van der Waals surface area contributed by atoms with E-state index in [-0.39, 0.29) is 12.5 Å². The monoisotopic (exact) mass is 414 g/mol. The van der Waals surface area contributed by atoms with E-state index >= 15 is 0 Å². The zero-order valence-electron chi connectivity index (χ0n) is 16.9. The molecule has 29 heavy (non-hydrogen) atoms. The van der Waals surface area contributed by atoms with Crippen LogP contribution in [0, 0.1) is 13.8 Å². The molecular formula is C22H26N2O4S. The molecule has 0 aliphatic heterocycles. The van der Waals surface area contributed by atoms with E-state index in [2.05, 4.69) is 42.7 Å². The minimum atomic E-state index is -0.573. The molecule has 0 bridgehead atoms. The largest absolute Gasteiger partial charge is 0.452 e. The van der Waals surface area contributed by atoms with Crippen LogP contribution in [-0.4, -0.2) is 37.5 Å². The van der Waals surface area contributed by atoms with Gasteiger partial charge in [0.2, 0.25) is 5.91 Å². The number of amides is 2. The number of benzene rings is 2. The summed E-state index contributed by atoms with van der Waals surface area (Å²) < 4.78 is 5.04. The molecule has 0 saturated carbocycles. The summed E-state index contributed by atoms with van der Waals surface area (Å²) in [4.78, 5) is 36.4. The topological polar surface area (TPSA) is 84.5 Å². The normalized spacial score (nSPS) is 10.3. The minimum absolute atomic E-state index is 0.143. The maximum atomic E-state index is 12.2. The third-order valence-electron chi connectivity index (χ3n) is 4.04. The van der Waals surface area contributed by atoms with Crippen molar-refractivity contribution in [3.8, 4) is 0 Å². The number of ether oxygens (including phenoxy) is 1. The fraction of sp³-hybridized carbons (Fsp3) is 0.318. The third-order valence-corrected chi connectivity index (χ3v) is 5.29. The summed E-state index contributed by atoms with van der Waals surface area (Å²) in [6.45, 7) is 5.85. The summed E-state index contributed by atoms with van der Waals surface area (Å²) in [5, 5.41) is 4.97. The number of esters is 1. The molecular weight excluding hydrogens is 388 g/mol. The number of hydrogen-bond donors (Lipinski definition) is 2. The van der Waals surface area contributed by atoms with Crippen LogP contribution in [-0.2, 0) is 20.1 Å². The first-order valence-corrected chi connectivity index (χ1v) is 10.4. The second-order valence-corrected chi connectivity index (χ2v) is 7.58. The molecule has 0 spiro atoms. The van der Waals surface area contributed by atoms with Crippen LogP contribution in [0.2, 0.25) is 0 Å². The van der Waals surface area contributed by atoms with Gasteiger partial charge in [-0.15, -0.1) is 11.8 Å². The van der Waals surface area contributed by atoms with Gasteiger partial charge in [-0.1, -0.05) is 29.8 Å². The van der Waals surface area contributed by atoms with E-state index < -0.39 is 18.5 Å². The summed E-state index contributed by atoms with van der Waals surface area (Å²) in [5.41, 5.74) is 3.83. The van der Waals surface area contributed by atoms with Gasteiger partial charge in [-0.25, -0.2) is 4.79 Å². The molecule has 7 heteroatoms. The van der Waals surface area contributed by atoms with Crippen molar-refractivity contribution < 1.29 is 19.1 Å². The molecule has 0 radical (unpaired) electrons. The van der Waals surface area contributed by atoms with Gasteiger partial charge in [0.15, 0.2) is 6.61 Å². The summed E-state index contributed by atoms with van der Waals surface area (Å²) in [6, 6.07) is 13.5.